The van der Waals surface area contributed by atoms with Crippen molar-refractivity contribution in [3.8, 4) is 0 Å². The number of hydrogen-bond donors (Lipinski definition) is 1. The first-order chi connectivity index (χ1) is 10.3. The van der Waals surface area contributed by atoms with Gasteiger partial charge in [-0.1, -0.05) is 6.92 Å². The monoisotopic (exact) mass is 303 g/mol. The Morgan fingerprint density at radius 1 is 1.19 bits per heavy atom. The van der Waals surface area contributed by atoms with Crippen molar-refractivity contribution >= 4 is 22.2 Å². The summed E-state index contributed by atoms with van der Waals surface area (Å²) < 4.78 is 0. The van der Waals surface area contributed by atoms with Crippen molar-refractivity contribution in [3.05, 3.63) is 35.6 Å². The maximum atomic E-state index is 6.01. The van der Waals surface area contributed by atoms with Gasteiger partial charge in [0.1, 0.15) is 0 Å². The lowest BCUT2D eigenvalue weighted by molar-refractivity contribution is 0.647. The highest BCUT2D eigenvalue weighted by Gasteiger charge is 2.19. The minimum absolute atomic E-state index is 0.0424. The SMILES string of the molecule is CC[C@H](N)c1ccc(N2CCN(c3nccs3)CC2)cn1. The Bertz CT molecular complexity index is 546. The van der Waals surface area contributed by atoms with Crippen LogP contribution in [0, 0.1) is 0 Å². The van der Waals surface area contributed by atoms with Crippen LogP contribution in [0.15, 0.2) is 29.9 Å². The molecule has 6 heteroatoms. The normalized spacial score (nSPS) is 17.0. The number of aromatic nitrogens is 2. The van der Waals surface area contributed by atoms with Crippen LogP contribution < -0.4 is 15.5 Å². The van der Waals surface area contributed by atoms with Gasteiger partial charge in [-0.25, -0.2) is 4.98 Å². The summed E-state index contributed by atoms with van der Waals surface area (Å²) in [5, 5.41) is 3.15. The van der Waals surface area contributed by atoms with Gasteiger partial charge in [-0.3, -0.25) is 4.98 Å². The van der Waals surface area contributed by atoms with E-state index in [1.807, 2.05) is 17.8 Å². The van der Waals surface area contributed by atoms with Gasteiger partial charge in [0.25, 0.3) is 0 Å². The molecule has 5 nitrogen and oxygen atoms in total. The highest BCUT2D eigenvalue weighted by atomic mass is 32.1. The molecule has 0 amide bonds. The van der Waals surface area contributed by atoms with Crippen LogP contribution in [0.1, 0.15) is 25.1 Å². The summed E-state index contributed by atoms with van der Waals surface area (Å²) in [6.07, 6.45) is 4.73. The molecule has 0 aliphatic carbocycles. The van der Waals surface area contributed by atoms with Crippen LogP contribution in [0.2, 0.25) is 0 Å². The first-order valence-electron chi connectivity index (χ1n) is 7.39. The average molecular weight is 303 g/mol. The van der Waals surface area contributed by atoms with E-state index in [0.29, 0.717) is 0 Å². The Kier molecular flexibility index (Phi) is 4.36. The molecule has 0 radical (unpaired) electrons. The van der Waals surface area contributed by atoms with Crippen molar-refractivity contribution in [3.63, 3.8) is 0 Å². The number of thiazole rings is 1. The standard InChI is InChI=1S/C15H21N5S/c1-2-13(16)14-4-3-12(11-18-14)19-6-8-20(9-7-19)15-17-5-10-21-15/h3-5,10-11,13H,2,6-9,16H2,1H3/t13-/m0/s1. The first kappa shape index (κ1) is 14.3. The van der Waals surface area contributed by atoms with Gasteiger partial charge in [0.2, 0.25) is 0 Å². The summed E-state index contributed by atoms with van der Waals surface area (Å²) in [5.41, 5.74) is 8.16. The van der Waals surface area contributed by atoms with Crippen molar-refractivity contribution in [1.82, 2.24) is 9.97 Å². The van der Waals surface area contributed by atoms with Crippen molar-refractivity contribution in [1.29, 1.82) is 0 Å². The van der Waals surface area contributed by atoms with E-state index in [1.54, 1.807) is 11.3 Å². The predicted molar refractivity (Wildman–Crippen MR) is 88.0 cm³/mol. The van der Waals surface area contributed by atoms with Crippen LogP contribution in [0.25, 0.3) is 0 Å². The molecule has 1 atom stereocenters. The summed E-state index contributed by atoms with van der Waals surface area (Å²) in [5.74, 6) is 0. The summed E-state index contributed by atoms with van der Waals surface area (Å²) in [4.78, 5) is 13.6. The van der Waals surface area contributed by atoms with Gasteiger partial charge in [-0.15, -0.1) is 11.3 Å². The van der Waals surface area contributed by atoms with E-state index < -0.39 is 0 Å². The number of rotatable bonds is 4. The molecule has 0 bridgehead atoms. The zero-order valence-corrected chi connectivity index (χ0v) is 13.1. The van der Waals surface area contributed by atoms with Gasteiger partial charge in [0.15, 0.2) is 5.13 Å². The second kappa shape index (κ2) is 6.41. The first-order valence-corrected chi connectivity index (χ1v) is 8.27. The largest absolute Gasteiger partial charge is 0.367 e. The van der Waals surface area contributed by atoms with Crippen LogP contribution >= 0.6 is 11.3 Å². The molecular weight excluding hydrogens is 282 g/mol. The molecule has 0 spiro atoms. The molecule has 21 heavy (non-hydrogen) atoms. The van der Waals surface area contributed by atoms with E-state index in [2.05, 4.69) is 38.8 Å². The molecule has 1 aliphatic heterocycles. The van der Waals surface area contributed by atoms with E-state index in [-0.39, 0.29) is 6.04 Å². The number of nitrogens with two attached hydrogens (primary N) is 1. The molecule has 1 fully saturated rings. The van der Waals surface area contributed by atoms with Crippen molar-refractivity contribution in [2.45, 2.75) is 19.4 Å². The van der Waals surface area contributed by atoms with Crippen LogP contribution in [-0.4, -0.2) is 36.1 Å². The summed E-state index contributed by atoms with van der Waals surface area (Å²) >= 11 is 1.70. The third-order valence-electron chi connectivity index (χ3n) is 3.93. The van der Waals surface area contributed by atoms with Gasteiger partial charge < -0.3 is 15.5 Å². The minimum Gasteiger partial charge on any atom is -0.367 e. The maximum absolute atomic E-state index is 6.01. The Morgan fingerprint density at radius 3 is 2.52 bits per heavy atom. The van der Waals surface area contributed by atoms with Gasteiger partial charge in [-0.05, 0) is 18.6 Å². The van der Waals surface area contributed by atoms with Gasteiger partial charge in [0, 0.05) is 43.8 Å². The lowest BCUT2D eigenvalue weighted by Crippen LogP contribution is -2.46. The number of anilines is 2. The molecule has 112 valence electrons. The minimum atomic E-state index is 0.0424. The quantitative estimate of drug-likeness (QED) is 0.939. The molecule has 0 aromatic carbocycles. The third kappa shape index (κ3) is 3.16. The fourth-order valence-electron chi connectivity index (χ4n) is 2.54. The number of hydrogen-bond acceptors (Lipinski definition) is 6. The summed E-state index contributed by atoms with van der Waals surface area (Å²) in [7, 11) is 0. The fraction of sp³-hybridized carbons (Fsp3) is 0.467. The molecule has 2 aromatic heterocycles. The lowest BCUT2D eigenvalue weighted by atomic mass is 10.1. The Labute approximate surface area is 129 Å². The fourth-order valence-corrected chi connectivity index (χ4v) is 3.24. The highest BCUT2D eigenvalue weighted by molar-refractivity contribution is 7.13. The highest BCUT2D eigenvalue weighted by Crippen LogP contribution is 2.22. The van der Waals surface area contributed by atoms with Crippen LogP contribution in [0.5, 0.6) is 0 Å². The summed E-state index contributed by atoms with van der Waals surface area (Å²) in [6, 6.07) is 4.23. The van der Waals surface area contributed by atoms with E-state index >= 15 is 0 Å². The van der Waals surface area contributed by atoms with Crippen LogP contribution in [0.3, 0.4) is 0 Å². The van der Waals surface area contributed by atoms with Gasteiger partial charge in [0.05, 0.1) is 17.6 Å². The molecule has 1 saturated heterocycles. The molecule has 0 saturated carbocycles. The summed E-state index contributed by atoms with van der Waals surface area (Å²) in [6.45, 7) is 6.09. The Hall–Kier alpha value is -1.66. The second-order valence-electron chi connectivity index (χ2n) is 5.24. The zero-order valence-electron chi connectivity index (χ0n) is 12.3. The van der Waals surface area contributed by atoms with Crippen LogP contribution in [0.4, 0.5) is 10.8 Å². The Balaban J connectivity index is 1.61. The number of piperazine rings is 1. The van der Waals surface area contributed by atoms with Gasteiger partial charge >= 0.3 is 0 Å². The molecule has 2 N–H and O–H groups in total. The molecule has 3 heterocycles. The molecule has 0 unspecified atom stereocenters. The van der Waals surface area contributed by atoms with Crippen molar-refractivity contribution in [2.24, 2.45) is 5.73 Å². The van der Waals surface area contributed by atoms with E-state index in [4.69, 9.17) is 5.73 Å². The van der Waals surface area contributed by atoms with Crippen LogP contribution in [-0.2, 0) is 0 Å². The van der Waals surface area contributed by atoms with Gasteiger partial charge in [-0.2, -0.15) is 0 Å². The number of nitrogens with zero attached hydrogens (tertiary/aromatic N) is 4. The topological polar surface area (TPSA) is 58.3 Å². The molecule has 3 rings (SSSR count). The number of pyridine rings is 1. The molecule has 2 aromatic rings. The van der Waals surface area contributed by atoms with E-state index in [1.165, 1.54) is 5.69 Å². The zero-order chi connectivity index (χ0) is 14.7. The predicted octanol–water partition coefficient (Wildman–Crippen LogP) is 2.27. The van der Waals surface area contributed by atoms with E-state index in [9.17, 15) is 0 Å². The van der Waals surface area contributed by atoms with Crippen molar-refractivity contribution < 1.29 is 0 Å². The third-order valence-corrected chi connectivity index (χ3v) is 4.76. The average Bonchev–Trinajstić information content (AvgIpc) is 3.09. The lowest BCUT2D eigenvalue weighted by Gasteiger charge is -2.35. The molecular formula is C15H21N5S. The molecule has 1 aliphatic rings. The second-order valence-corrected chi connectivity index (χ2v) is 6.12. The van der Waals surface area contributed by atoms with E-state index in [0.717, 1.165) is 43.4 Å². The van der Waals surface area contributed by atoms with Crippen molar-refractivity contribution in [2.75, 3.05) is 36.0 Å². The smallest absolute Gasteiger partial charge is 0.185 e. The Morgan fingerprint density at radius 2 is 1.95 bits per heavy atom. The maximum Gasteiger partial charge on any atom is 0.185 e.